The zero-order valence-corrected chi connectivity index (χ0v) is 7.23. The van der Waals surface area contributed by atoms with Gasteiger partial charge in [-0.2, -0.15) is 0 Å². The second-order valence-electron chi connectivity index (χ2n) is 2.74. The summed E-state index contributed by atoms with van der Waals surface area (Å²) in [5.41, 5.74) is 6.30. The molecule has 0 saturated heterocycles. The van der Waals surface area contributed by atoms with E-state index >= 15 is 0 Å². The molecule has 70 valence electrons. The van der Waals surface area contributed by atoms with E-state index in [4.69, 9.17) is 10.8 Å². The van der Waals surface area contributed by atoms with Gasteiger partial charge in [0.05, 0.1) is 0 Å². The fourth-order valence-corrected chi connectivity index (χ4v) is 1.05. The average Bonchev–Trinajstić information content (AvgIpc) is 2.15. The molecule has 0 aliphatic heterocycles. The minimum atomic E-state index is -0.522. The van der Waals surface area contributed by atoms with Crippen LogP contribution in [0.25, 0.3) is 0 Å². The number of carbonyl (C=O) groups is 1. The molecule has 0 spiro atoms. The standard InChI is InChI=1S/C9H12N2O2/c10-9(13)8-6-7(2-1-5-12)3-4-11-8/h3-4,6,12H,1-2,5H2,(H2,10,13). The van der Waals surface area contributed by atoms with Gasteiger partial charge in [-0.05, 0) is 30.5 Å². The molecule has 13 heavy (non-hydrogen) atoms. The van der Waals surface area contributed by atoms with Crippen molar-refractivity contribution in [2.75, 3.05) is 6.61 Å². The number of rotatable bonds is 4. The Morgan fingerprint density at radius 1 is 1.62 bits per heavy atom. The topological polar surface area (TPSA) is 76.2 Å². The number of nitrogens with zero attached hydrogens (tertiary/aromatic N) is 1. The van der Waals surface area contributed by atoms with Crippen LogP contribution in [0.5, 0.6) is 0 Å². The largest absolute Gasteiger partial charge is 0.396 e. The van der Waals surface area contributed by atoms with Gasteiger partial charge in [0.2, 0.25) is 0 Å². The minimum Gasteiger partial charge on any atom is -0.396 e. The number of aryl methyl sites for hydroxylation is 1. The van der Waals surface area contributed by atoms with Gasteiger partial charge in [-0.1, -0.05) is 0 Å². The Balaban J connectivity index is 2.73. The van der Waals surface area contributed by atoms with Crippen LogP contribution in [0.15, 0.2) is 18.3 Å². The summed E-state index contributed by atoms with van der Waals surface area (Å²) >= 11 is 0. The van der Waals surface area contributed by atoms with Crippen molar-refractivity contribution < 1.29 is 9.90 Å². The Bertz CT molecular complexity index is 299. The molecule has 4 nitrogen and oxygen atoms in total. The van der Waals surface area contributed by atoms with Crippen molar-refractivity contribution in [1.29, 1.82) is 0 Å². The SMILES string of the molecule is NC(=O)c1cc(CCCO)ccn1. The maximum atomic E-state index is 10.7. The van der Waals surface area contributed by atoms with Crippen LogP contribution in [0.1, 0.15) is 22.5 Å². The highest BCUT2D eigenvalue weighted by molar-refractivity contribution is 5.90. The van der Waals surface area contributed by atoms with E-state index in [9.17, 15) is 4.79 Å². The lowest BCUT2D eigenvalue weighted by atomic mass is 10.1. The van der Waals surface area contributed by atoms with Gasteiger partial charge in [0, 0.05) is 12.8 Å². The Labute approximate surface area is 76.4 Å². The second-order valence-corrected chi connectivity index (χ2v) is 2.74. The first kappa shape index (κ1) is 9.67. The molecule has 0 aromatic carbocycles. The molecule has 0 atom stereocenters. The molecule has 0 unspecified atom stereocenters. The van der Waals surface area contributed by atoms with Gasteiger partial charge in [0.15, 0.2) is 0 Å². The fraction of sp³-hybridized carbons (Fsp3) is 0.333. The number of primary amides is 1. The van der Waals surface area contributed by atoms with Crippen LogP contribution in [0.4, 0.5) is 0 Å². The Kier molecular flexibility index (Phi) is 3.40. The first-order valence-corrected chi connectivity index (χ1v) is 4.09. The molecular weight excluding hydrogens is 168 g/mol. The number of aromatic nitrogens is 1. The number of hydrogen-bond donors (Lipinski definition) is 2. The van der Waals surface area contributed by atoms with Crippen molar-refractivity contribution in [2.45, 2.75) is 12.8 Å². The smallest absolute Gasteiger partial charge is 0.267 e. The number of pyridine rings is 1. The van der Waals surface area contributed by atoms with E-state index in [1.54, 1.807) is 12.3 Å². The maximum absolute atomic E-state index is 10.7. The fourth-order valence-electron chi connectivity index (χ4n) is 1.05. The molecule has 0 aliphatic rings. The van der Waals surface area contributed by atoms with E-state index in [1.807, 2.05) is 6.07 Å². The minimum absolute atomic E-state index is 0.147. The van der Waals surface area contributed by atoms with E-state index < -0.39 is 5.91 Å². The molecule has 0 aliphatic carbocycles. The van der Waals surface area contributed by atoms with Crippen LogP contribution >= 0.6 is 0 Å². The van der Waals surface area contributed by atoms with Gasteiger partial charge in [0.25, 0.3) is 5.91 Å². The number of nitrogens with two attached hydrogens (primary N) is 1. The summed E-state index contributed by atoms with van der Waals surface area (Å²) in [6.45, 7) is 0.147. The molecular formula is C9H12N2O2. The van der Waals surface area contributed by atoms with Crippen LogP contribution in [0.2, 0.25) is 0 Å². The van der Waals surface area contributed by atoms with E-state index in [1.165, 1.54) is 0 Å². The highest BCUT2D eigenvalue weighted by Crippen LogP contribution is 2.03. The normalized spacial score (nSPS) is 9.92. The molecule has 1 amide bonds. The number of aliphatic hydroxyl groups is 1. The van der Waals surface area contributed by atoms with Crippen molar-refractivity contribution >= 4 is 5.91 Å². The van der Waals surface area contributed by atoms with Gasteiger partial charge < -0.3 is 10.8 Å². The quantitative estimate of drug-likeness (QED) is 0.690. The van der Waals surface area contributed by atoms with Gasteiger partial charge in [-0.3, -0.25) is 9.78 Å². The lowest BCUT2D eigenvalue weighted by Crippen LogP contribution is -2.13. The Morgan fingerprint density at radius 3 is 3.00 bits per heavy atom. The first-order chi connectivity index (χ1) is 6.24. The highest BCUT2D eigenvalue weighted by atomic mass is 16.2. The Morgan fingerprint density at radius 2 is 2.38 bits per heavy atom. The molecule has 1 aromatic rings. The van der Waals surface area contributed by atoms with Crippen LogP contribution in [-0.2, 0) is 6.42 Å². The van der Waals surface area contributed by atoms with E-state index in [0.29, 0.717) is 6.42 Å². The van der Waals surface area contributed by atoms with E-state index in [2.05, 4.69) is 4.98 Å². The lowest BCUT2D eigenvalue weighted by molar-refractivity contribution is 0.0995. The Hall–Kier alpha value is -1.42. The molecule has 1 heterocycles. The van der Waals surface area contributed by atoms with Gasteiger partial charge in [0.1, 0.15) is 5.69 Å². The third kappa shape index (κ3) is 2.83. The third-order valence-corrected chi connectivity index (χ3v) is 1.70. The van der Waals surface area contributed by atoms with Crippen LogP contribution in [0.3, 0.4) is 0 Å². The number of aliphatic hydroxyl groups excluding tert-OH is 1. The van der Waals surface area contributed by atoms with Crippen molar-refractivity contribution in [3.8, 4) is 0 Å². The summed E-state index contributed by atoms with van der Waals surface area (Å²) in [4.78, 5) is 14.5. The predicted molar refractivity (Wildman–Crippen MR) is 48.2 cm³/mol. The van der Waals surface area contributed by atoms with Crippen molar-refractivity contribution in [2.24, 2.45) is 5.73 Å². The summed E-state index contributed by atoms with van der Waals surface area (Å²) < 4.78 is 0. The van der Waals surface area contributed by atoms with Crippen LogP contribution < -0.4 is 5.73 Å². The molecule has 1 aromatic heterocycles. The predicted octanol–water partition coefficient (Wildman–Crippen LogP) is 0.105. The lowest BCUT2D eigenvalue weighted by Gasteiger charge is -2.00. The van der Waals surface area contributed by atoms with Gasteiger partial charge in [-0.25, -0.2) is 0 Å². The summed E-state index contributed by atoms with van der Waals surface area (Å²) in [5.74, 6) is -0.522. The third-order valence-electron chi connectivity index (χ3n) is 1.70. The number of carbonyl (C=O) groups excluding carboxylic acids is 1. The summed E-state index contributed by atoms with van der Waals surface area (Å²) in [6.07, 6.45) is 2.97. The van der Waals surface area contributed by atoms with Crippen LogP contribution in [-0.4, -0.2) is 22.6 Å². The average molecular weight is 180 g/mol. The molecule has 0 bridgehead atoms. The van der Waals surface area contributed by atoms with Crippen molar-refractivity contribution in [3.63, 3.8) is 0 Å². The molecule has 0 radical (unpaired) electrons. The van der Waals surface area contributed by atoms with E-state index in [-0.39, 0.29) is 12.3 Å². The molecule has 0 fully saturated rings. The maximum Gasteiger partial charge on any atom is 0.267 e. The zero-order valence-electron chi connectivity index (χ0n) is 7.23. The number of amides is 1. The molecule has 0 saturated carbocycles. The van der Waals surface area contributed by atoms with E-state index in [0.717, 1.165) is 12.0 Å². The van der Waals surface area contributed by atoms with Gasteiger partial charge >= 0.3 is 0 Å². The summed E-state index contributed by atoms with van der Waals surface area (Å²) in [6, 6.07) is 3.46. The zero-order chi connectivity index (χ0) is 9.68. The second kappa shape index (κ2) is 4.57. The summed E-state index contributed by atoms with van der Waals surface area (Å²) in [5, 5.41) is 8.60. The summed E-state index contributed by atoms with van der Waals surface area (Å²) in [7, 11) is 0. The van der Waals surface area contributed by atoms with Crippen molar-refractivity contribution in [3.05, 3.63) is 29.6 Å². The monoisotopic (exact) mass is 180 g/mol. The highest BCUT2D eigenvalue weighted by Gasteiger charge is 2.01. The molecule has 1 rings (SSSR count). The number of hydrogen-bond acceptors (Lipinski definition) is 3. The molecule has 4 heteroatoms. The van der Waals surface area contributed by atoms with Gasteiger partial charge in [-0.15, -0.1) is 0 Å². The first-order valence-electron chi connectivity index (χ1n) is 4.09. The molecule has 3 N–H and O–H groups in total. The van der Waals surface area contributed by atoms with Crippen molar-refractivity contribution in [1.82, 2.24) is 4.98 Å². The van der Waals surface area contributed by atoms with Crippen LogP contribution in [0, 0.1) is 0 Å².